The zero-order valence-corrected chi connectivity index (χ0v) is 16.8. The molecule has 0 radical (unpaired) electrons. The molecule has 1 unspecified atom stereocenters. The lowest BCUT2D eigenvalue weighted by Gasteiger charge is -2.31. The van der Waals surface area contributed by atoms with Crippen molar-refractivity contribution in [2.75, 3.05) is 5.32 Å². The number of nitrogens with zero attached hydrogens (tertiary/aromatic N) is 2. The summed E-state index contributed by atoms with van der Waals surface area (Å²) in [4.78, 5) is 15.0. The van der Waals surface area contributed by atoms with Gasteiger partial charge in [-0.15, -0.1) is 0 Å². The fraction of sp³-hybridized carbons (Fsp3) is 0.0800. The Labute approximate surface area is 182 Å². The van der Waals surface area contributed by atoms with E-state index in [2.05, 4.69) is 5.32 Å². The van der Waals surface area contributed by atoms with Crippen LogP contribution in [0.4, 0.5) is 23.7 Å². The molecule has 2 amide bonds. The first kappa shape index (κ1) is 19.9. The van der Waals surface area contributed by atoms with E-state index in [0.717, 1.165) is 29.1 Å². The first-order valence-electron chi connectivity index (χ1n) is 10.0. The molecule has 160 valence electrons. The molecule has 0 spiro atoms. The minimum absolute atomic E-state index is 0.123. The van der Waals surface area contributed by atoms with E-state index >= 15 is 0 Å². The van der Waals surface area contributed by atoms with Crippen LogP contribution in [-0.4, -0.2) is 15.5 Å². The second kappa shape index (κ2) is 7.92. The summed E-state index contributed by atoms with van der Waals surface area (Å²) in [5.41, 5.74) is 3.19. The van der Waals surface area contributed by atoms with Crippen LogP contribution in [0, 0.1) is 17.5 Å². The van der Waals surface area contributed by atoms with E-state index in [1.165, 1.54) is 18.2 Å². The zero-order chi connectivity index (χ0) is 22.2. The number of rotatable bonds is 2. The second-order valence-electron chi connectivity index (χ2n) is 7.57. The van der Waals surface area contributed by atoms with Gasteiger partial charge in [0.2, 0.25) is 0 Å². The highest BCUT2D eigenvalue weighted by Crippen LogP contribution is 2.37. The molecule has 0 saturated heterocycles. The van der Waals surface area contributed by atoms with Crippen LogP contribution < -0.4 is 5.32 Å². The average molecular weight is 433 g/mol. The van der Waals surface area contributed by atoms with Crippen LogP contribution in [-0.2, 0) is 6.54 Å². The number of nitrogens with one attached hydrogen (secondary N) is 1. The van der Waals surface area contributed by atoms with Crippen LogP contribution in [0.25, 0.3) is 5.69 Å². The molecule has 5 rings (SSSR count). The number of halogens is 3. The maximum absolute atomic E-state index is 14.2. The highest BCUT2D eigenvalue weighted by molar-refractivity contribution is 5.90. The monoisotopic (exact) mass is 433 g/mol. The fourth-order valence-electron chi connectivity index (χ4n) is 4.11. The maximum atomic E-state index is 14.2. The van der Waals surface area contributed by atoms with Gasteiger partial charge in [0.15, 0.2) is 0 Å². The summed E-state index contributed by atoms with van der Waals surface area (Å²) in [5, 5.41) is 2.56. The molecule has 0 saturated carbocycles. The summed E-state index contributed by atoms with van der Waals surface area (Å²) >= 11 is 0. The van der Waals surface area contributed by atoms with Crippen molar-refractivity contribution in [1.29, 1.82) is 0 Å². The molecule has 0 aliphatic carbocycles. The third-order valence-electron chi connectivity index (χ3n) is 5.58. The number of hydrogen-bond acceptors (Lipinski definition) is 1. The standard InChI is InChI=1S/C25H18F3N3O/c26-18-9-7-16(8-10-18)24-23-6-3-13-30(23)22-5-2-1-4-17(22)15-31(24)25(32)29-21-12-11-19(27)14-20(21)28/h1-14,24H,15H2,(H,29,32). The summed E-state index contributed by atoms with van der Waals surface area (Å²) in [6.45, 7) is 0.231. The molecule has 1 atom stereocenters. The number of benzene rings is 3. The summed E-state index contributed by atoms with van der Waals surface area (Å²) in [5.74, 6) is -1.98. The van der Waals surface area contributed by atoms with E-state index in [1.54, 1.807) is 17.0 Å². The van der Waals surface area contributed by atoms with Gasteiger partial charge in [0.05, 0.1) is 24.0 Å². The van der Waals surface area contributed by atoms with E-state index in [9.17, 15) is 18.0 Å². The van der Waals surface area contributed by atoms with Crippen molar-refractivity contribution in [2.45, 2.75) is 12.6 Å². The Morgan fingerprint density at radius 3 is 2.41 bits per heavy atom. The normalized spacial score (nSPS) is 15.0. The number of aromatic nitrogens is 1. The van der Waals surface area contributed by atoms with Crippen LogP contribution in [0.15, 0.2) is 85.1 Å². The van der Waals surface area contributed by atoms with Crippen molar-refractivity contribution in [2.24, 2.45) is 0 Å². The number of carbonyl (C=O) groups excluding carboxylic acids is 1. The van der Waals surface area contributed by atoms with Gasteiger partial charge in [-0.3, -0.25) is 0 Å². The molecular formula is C25H18F3N3O. The molecule has 3 aromatic carbocycles. The average Bonchev–Trinajstić information content (AvgIpc) is 3.21. The molecule has 1 aromatic heterocycles. The Morgan fingerprint density at radius 2 is 1.62 bits per heavy atom. The van der Waals surface area contributed by atoms with E-state index in [4.69, 9.17) is 0 Å². The van der Waals surface area contributed by atoms with Crippen molar-refractivity contribution in [1.82, 2.24) is 9.47 Å². The topological polar surface area (TPSA) is 37.3 Å². The van der Waals surface area contributed by atoms with Gasteiger partial charge in [-0.05, 0) is 53.6 Å². The Bertz CT molecular complexity index is 1300. The minimum atomic E-state index is -0.865. The smallest absolute Gasteiger partial charge is 0.318 e. The largest absolute Gasteiger partial charge is 0.323 e. The molecule has 0 bridgehead atoms. The number of carbonyl (C=O) groups is 1. The summed E-state index contributed by atoms with van der Waals surface area (Å²) < 4.78 is 43.2. The molecule has 1 N–H and O–H groups in total. The predicted octanol–water partition coefficient (Wildman–Crippen LogP) is 6.03. The molecule has 32 heavy (non-hydrogen) atoms. The Hall–Kier alpha value is -4.00. The number of anilines is 1. The van der Waals surface area contributed by atoms with E-state index < -0.39 is 23.7 Å². The second-order valence-corrected chi connectivity index (χ2v) is 7.57. The van der Waals surface area contributed by atoms with Gasteiger partial charge in [0, 0.05) is 18.0 Å². The highest BCUT2D eigenvalue weighted by Gasteiger charge is 2.33. The Kier molecular flexibility index (Phi) is 4.93. The number of fused-ring (bicyclic) bond motifs is 3. The fourth-order valence-corrected chi connectivity index (χ4v) is 4.11. The lowest BCUT2D eigenvalue weighted by atomic mass is 10.0. The SMILES string of the molecule is O=C(Nc1ccc(F)cc1F)N1Cc2ccccc2-n2cccc2C1c1ccc(F)cc1. The zero-order valence-electron chi connectivity index (χ0n) is 16.8. The minimum Gasteiger partial charge on any atom is -0.318 e. The van der Waals surface area contributed by atoms with Crippen molar-refractivity contribution < 1.29 is 18.0 Å². The maximum Gasteiger partial charge on any atom is 0.323 e. The summed E-state index contributed by atoms with van der Waals surface area (Å²) in [7, 11) is 0. The van der Waals surface area contributed by atoms with Crippen LogP contribution in [0.3, 0.4) is 0 Å². The Balaban J connectivity index is 1.62. The van der Waals surface area contributed by atoms with Gasteiger partial charge < -0.3 is 14.8 Å². The third-order valence-corrected chi connectivity index (χ3v) is 5.58. The first-order chi connectivity index (χ1) is 15.5. The molecule has 0 fully saturated rings. The van der Waals surface area contributed by atoms with Gasteiger partial charge >= 0.3 is 6.03 Å². The van der Waals surface area contributed by atoms with E-state index in [-0.39, 0.29) is 18.0 Å². The van der Waals surface area contributed by atoms with Crippen LogP contribution >= 0.6 is 0 Å². The third kappa shape index (κ3) is 3.51. The molecule has 1 aliphatic rings. The summed E-state index contributed by atoms with van der Waals surface area (Å²) in [6.07, 6.45) is 1.91. The number of hydrogen-bond donors (Lipinski definition) is 1. The molecule has 4 aromatic rings. The first-order valence-corrected chi connectivity index (χ1v) is 10.0. The van der Waals surface area contributed by atoms with Crippen molar-refractivity contribution in [3.8, 4) is 5.69 Å². The van der Waals surface area contributed by atoms with Crippen LogP contribution in [0.5, 0.6) is 0 Å². The van der Waals surface area contributed by atoms with Gasteiger partial charge in [-0.25, -0.2) is 18.0 Å². The van der Waals surface area contributed by atoms with E-state index in [0.29, 0.717) is 5.56 Å². The quantitative estimate of drug-likeness (QED) is 0.412. The molecule has 7 heteroatoms. The summed E-state index contributed by atoms with van der Waals surface area (Å²) in [6, 6.07) is 19.3. The van der Waals surface area contributed by atoms with Gasteiger partial charge in [0.25, 0.3) is 0 Å². The number of para-hydroxylation sites is 1. The van der Waals surface area contributed by atoms with Gasteiger partial charge in [0.1, 0.15) is 17.5 Å². The highest BCUT2D eigenvalue weighted by atomic mass is 19.1. The van der Waals surface area contributed by atoms with Crippen molar-refractivity contribution in [3.05, 3.63) is 119 Å². The Morgan fingerprint density at radius 1 is 0.875 bits per heavy atom. The molecule has 1 aliphatic heterocycles. The lowest BCUT2D eigenvalue weighted by molar-refractivity contribution is 0.194. The lowest BCUT2D eigenvalue weighted by Crippen LogP contribution is -2.38. The van der Waals surface area contributed by atoms with Gasteiger partial charge in [-0.1, -0.05) is 30.3 Å². The molecule has 2 heterocycles. The molecular weight excluding hydrogens is 415 g/mol. The van der Waals surface area contributed by atoms with Crippen LogP contribution in [0.2, 0.25) is 0 Å². The van der Waals surface area contributed by atoms with Crippen molar-refractivity contribution in [3.63, 3.8) is 0 Å². The predicted molar refractivity (Wildman–Crippen MR) is 115 cm³/mol. The van der Waals surface area contributed by atoms with Crippen LogP contribution in [0.1, 0.15) is 22.9 Å². The number of amides is 2. The number of urea groups is 1. The van der Waals surface area contributed by atoms with Gasteiger partial charge in [-0.2, -0.15) is 0 Å². The van der Waals surface area contributed by atoms with Crippen molar-refractivity contribution >= 4 is 11.7 Å². The molecule has 4 nitrogen and oxygen atoms in total. The van der Waals surface area contributed by atoms with E-state index in [1.807, 2.05) is 47.2 Å².